The van der Waals surface area contributed by atoms with Gasteiger partial charge in [0, 0.05) is 5.02 Å². The second-order valence-electron chi connectivity index (χ2n) is 5.45. The molecule has 2 aromatic carbocycles. The first-order chi connectivity index (χ1) is 11.4. The van der Waals surface area contributed by atoms with Crippen molar-refractivity contribution in [2.24, 2.45) is 0 Å². The third-order valence-corrected chi connectivity index (χ3v) is 3.50. The number of ether oxygens (including phenoxy) is 2. The van der Waals surface area contributed by atoms with E-state index in [1.54, 1.807) is 55.7 Å². The topological polar surface area (TPSA) is 55.8 Å². The summed E-state index contributed by atoms with van der Waals surface area (Å²) in [6.07, 6.45) is 1.61. The molecule has 0 bridgehead atoms. The minimum absolute atomic E-state index is 0.0175. The number of carboxylic acids is 1. The molecule has 126 valence electrons. The molecule has 4 nitrogen and oxygen atoms in total. The smallest absolute Gasteiger partial charge is 0.336 e. The Balaban J connectivity index is 2.42. The van der Waals surface area contributed by atoms with Crippen molar-refractivity contribution in [2.75, 3.05) is 7.11 Å². The second kappa shape index (κ2) is 7.88. The molecule has 0 aliphatic rings. The number of rotatable bonds is 6. The number of methoxy groups -OCH3 is 1. The molecular weight excluding hydrogens is 328 g/mol. The van der Waals surface area contributed by atoms with Gasteiger partial charge in [-0.25, -0.2) is 4.79 Å². The van der Waals surface area contributed by atoms with Gasteiger partial charge in [0.15, 0.2) is 11.5 Å². The van der Waals surface area contributed by atoms with Gasteiger partial charge in [0.1, 0.15) is 0 Å². The Hall–Kier alpha value is -2.46. The summed E-state index contributed by atoms with van der Waals surface area (Å²) in [5.74, 6) is 0.158. The predicted molar refractivity (Wildman–Crippen MR) is 95.7 cm³/mol. The third kappa shape index (κ3) is 4.52. The van der Waals surface area contributed by atoms with Crippen molar-refractivity contribution >= 4 is 29.2 Å². The lowest BCUT2D eigenvalue weighted by Gasteiger charge is -2.14. The number of benzene rings is 2. The Morgan fingerprint density at radius 2 is 1.79 bits per heavy atom. The summed E-state index contributed by atoms with van der Waals surface area (Å²) in [6, 6.07) is 12.0. The first-order valence-corrected chi connectivity index (χ1v) is 7.84. The fourth-order valence-corrected chi connectivity index (χ4v) is 2.32. The highest BCUT2D eigenvalue weighted by Crippen LogP contribution is 2.30. The molecule has 5 heteroatoms. The van der Waals surface area contributed by atoms with E-state index in [1.165, 1.54) is 0 Å². The Morgan fingerprint density at radius 3 is 2.33 bits per heavy atom. The molecule has 0 aromatic heterocycles. The van der Waals surface area contributed by atoms with Crippen molar-refractivity contribution in [1.29, 1.82) is 0 Å². The van der Waals surface area contributed by atoms with Crippen LogP contribution in [0.5, 0.6) is 11.5 Å². The van der Waals surface area contributed by atoms with E-state index >= 15 is 0 Å². The van der Waals surface area contributed by atoms with Gasteiger partial charge in [-0.15, -0.1) is 0 Å². The highest BCUT2D eigenvalue weighted by Gasteiger charge is 2.12. The average Bonchev–Trinajstić information content (AvgIpc) is 2.54. The fraction of sp³-hybridized carbons (Fsp3) is 0.211. The predicted octanol–water partition coefficient (Wildman–Crippen LogP) is 4.76. The van der Waals surface area contributed by atoms with Crippen molar-refractivity contribution < 1.29 is 19.4 Å². The van der Waals surface area contributed by atoms with Gasteiger partial charge in [0.25, 0.3) is 0 Å². The molecule has 0 unspecified atom stereocenters. The van der Waals surface area contributed by atoms with Crippen LogP contribution in [0.3, 0.4) is 0 Å². The highest BCUT2D eigenvalue weighted by atomic mass is 35.5. The lowest BCUT2D eigenvalue weighted by atomic mass is 10.0. The molecule has 0 saturated heterocycles. The molecule has 0 amide bonds. The first kappa shape index (κ1) is 17.9. The van der Waals surface area contributed by atoms with E-state index < -0.39 is 5.97 Å². The summed E-state index contributed by atoms with van der Waals surface area (Å²) in [6.45, 7) is 3.85. The van der Waals surface area contributed by atoms with Crippen molar-refractivity contribution in [3.05, 3.63) is 58.6 Å². The lowest BCUT2D eigenvalue weighted by Crippen LogP contribution is -2.06. The van der Waals surface area contributed by atoms with E-state index in [9.17, 15) is 9.90 Å². The normalized spacial score (nSPS) is 11.5. The lowest BCUT2D eigenvalue weighted by molar-refractivity contribution is -0.130. The summed E-state index contributed by atoms with van der Waals surface area (Å²) in [5.41, 5.74) is 1.45. The number of aliphatic carboxylic acids is 1. The maximum atomic E-state index is 11.6. The van der Waals surface area contributed by atoms with Crippen LogP contribution < -0.4 is 9.47 Å². The van der Waals surface area contributed by atoms with Crippen LogP contribution in [0.2, 0.25) is 5.02 Å². The van der Waals surface area contributed by atoms with Crippen LogP contribution in [-0.2, 0) is 4.79 Å². The molecule has 1 N–H and O–H groups in total. The molecule has 0 atom stereocenters. The van der Waals surface area contributed by atoms with Crippen molar-refractivity contribution in [3.63, 3.8) is 0 Å². The number of hydrogen-bond donors (Lipinski definition) is 1. The standard InChI is InChI=1S/C19H19ClO4/c1-12(2)24-17-9-4-13(11-18(17)23-3)10-16(19(21)22)14-5-7-15(20)8-6-14/h4-12H,1-3H3,(H,21,22)/b16-10-. The summed E-state index contributed by atoms with van der Waals surface area (Å²) < 4.78 is 11.0. The van der Waals surface area contributed by atoms with Gasteiger partial charge < -0.3 is 14.6 Å². The van der Waals surface area contributed by atoms with Gasteiger partial charge >= 0.3 is 5.97 Å². The maximum Gasteiger partial charge on any atom is 0.336 e. The Bertz CT molecular complexity index is 748. The van der Waals surface area contributed by atoms with Crippen LogP contribution in [0.4, 0.5) is 0 Å². The van der Waals surface area contributed by atoms with E-state index in [0.717, 1.165) is 0 Å². The largest absolute Gasteiger partial charge is 0.493 e. The molecule has 2 aromatic rings. The molecular formula is C19H19ClO4. The molecule has 0 saturated carbocycles. The minimum Gasteiger partial charge on any atom is -0.493 e. The van der Waals surface area contributed by atoms with Gasteiger partial charge in [-0.1, -0.05) is 29.8 Å². The summed E-state index contributed by atoms with van der Waals surface area (Å²) >= 11 is 5.86. The van der Waals surface area contributed by atoms with Crippen LogP contribution in [0.15, 0.2) is 42.5 Å². The fourth-order valence-electron chi connectivity index (χ4n) is 2.19. The van der Waals surface area contributed by atoms with Crippen molar-refractivity contribution in [3.8, 4) is 11.5 Å². The molecule has 24 heavy (non-hydrogen) atoms. The SMILES string of the molecule is COc1cc(/C=C(\C(=O)O)c2ccc(Cl)cc2)ccc1OC(C)C. The quantitative estimate of drug-likeness (QED) is 0.605. The molecule has 0 aliphatic heterocycles. The second-order valence-corrected chi connectivity index (χ2v) is 5.88. The van der Waals surface area contributed by atoms with Crippen LogP contribution in [0.1, 0.15) is 25.0 Å². The Morgan fingerprint density at radius 1 is 1.12 bits per heavy atom. The van der Waals surface area contributed by atoms with E-state index in [0.29, 0.717) is 27.6 Å². The van der Waals surface area contributed by atoms with E-state index in [2.05, 4.69) is 0 Å². The monoisotopic (exact) mass is 346 g/mol. The Kier molecular flexibility index (Phi) is 5.88. The van der Waals surface area contributed by atoms with Crippen molar-refractivity contribution in [2.45, 2.75) is 20.0 Å². The maximum absolute atomic E-state index is 11.6. The zero-order valence-corrected chi connectivity index (χ0v) is 14.5. The van der Waals surface area contributed by atoms with Gasteiger partial charge in [0.05, 0.1) is 18.8 Å². The van der Waals surface area contributed by atoms with Gasteiger partial charge in [-0.2, -0.15) is 0 Å². The van der Waals surface area contributed by atoms with E-state index in [4.69, 9.17) is 21.1 Å². The number of halogens is 1. The van der Waals surface area contributed by atoms with Crippen LogP contribution in [0, 0.1) is 0 Å². The first-order valence-electron chi connectivity index (χ1n) is 7.46. The Labute approximate surface area is 146 Å². The van der Waals surface area contributed by atoms with Crippen molar-refractivity contribution in [1.82, 2.24) is 0 Å². The van der Waals surface area contributed by atoms with Crippen LogP contribution >= 0.6 is 11.6 Å². The molecule has 0 aliphatic carbocycles. The average molecular weight is 347 g/mol. The third-order valence-electron chi connectivity index (χ3n) is 3.25. The molecule has 0 fully saturated rings. The highest BCUT2D eigenvalue weighted by molar-refractivity contribution is 6.30. The number of carbonyl (C=O) groups is 1. The minimum atomic E-state index is -1.02. The van der Waals surface area contributed by atoms with Gasteiger partial charge in [-0.05, 0) is 55.3 Å². The summed E-state index contributed by atoms with van der Waals surface area (Å²) in [5, 5.41) is 10.1. The molecule has 0 radical (unpaired) electrons. The number of hydrogen-bond acceptors (Lipinski definition) is 3. The van der Waals surface area contributed by atoms with E-state index in [1.807, 2.05) is 13.8 Å². The molecule has 2 rings (SSSR count). The van der Waals surface area contributed by atoms with E-state index in [-0.39, 0.29) is 11.7 Å². The zero-order valence-electron chi connectivity index (χ0n) is 13.7. The summed E-state index contributed by atoms with van der Waals surface area (Å²) in [4.78, 5) is 11.6. The van der Waals surface area contributed by atoms with Crippen LogP contribution in [0.25, 0.3) is 11.6 Å². The molecule has 0 heterocycles. The van der Waals surface area contributed by atoms with Gasteiger partial charge in [0.2, 0.25) is 0 Å². The summed E-state index contributed by atoms with van der Waals surface area (Å²) in [7, 11) is 1.55. The zero-order chi connectivity index (χ0) is 17.7. The number of carboxylic acid groups (broad SMARTS) is 1. The molecule has 0 spiro atoms. The van der Waals surface area contributed by atoms with Gasteiger partial charge in [-0.3, -0.25) is 0 Å². The van der Waals surface area contributed by atoms with Crippen LogP contribution in [-0.4, -0.2) is 24.3 Å².